The second-order valence-electron chi connectivity index (χ2n) is 6.22. The average molecular weight is 351 g/mol. The summed E-state index contributed by atoms with van der Waals surface area (Å²) in [7, 11) is 1.69. The first kappa shape index (κ1) is 17.7. The van der Waals surface area contributed by atoms with Gasteiger partial charge in [-0.15, -0.1) is 0 Å². The Morgan fingerprint density at radius 3 is 2.58 bits per heavy atom. The quantitative estimate of drug-likeness (QED) is 0.777. The van der Waals surface area contributed by atoms with E-state index in [1.165, 1.54) is 0 Å². The van der Waals surface area contributed by atoms with Crippen molar-refractivity contribution in [3.63, 3.8) is 0 Å². The second kappa shape index (κ2) is 7.87. The molecule has 5 heteroatoms. The molecule has 0 saturated heterocycles. The minimum Gasteiger partial charge on any atom is -0.488 e. The number of nitrogens with zero attached hydrogens (tertiary/aromatic N) is 1. The molecule has 0 spiro atoms. The molecule has 2 aromatic rings. The van der Waals surface area contributed by atoms with Gasteiger partial charge < -0.3 is 14.4 Å². The number of hydrogen-bond acceptors (Lipinski definition) is 4. The summed E-state index contributed by atoms with van der Waals surface area (Å²) >= 11 is 0. The first-order valence-electron chi connectivity index (χ1n) is 8.47. The van der Waals surface area contributed by atoms with Crippen molar-refractivity contribution >= 4 is 18.0 Å². The number of fused-ring (bicyclic) bond motifs is 1. The van der Waals surface area contributed by atoms with E-state index in [-0.39, 0.29) is 12.5 Å². The zero-order valence-electron chi connectivity index (χ0n) is 14.8. The summed E-state index contributed by atoms with van der Waals surface area (Å²) in [5, 5.41) is 0. The van der Waals surface area contributed by atoms with Gasteiger partial charge in [-0.1, -0.05) is 48.5 Å². The summed E-state index contributed by atoms with van der Waals surface area (Å²) in [5.41, 5.74) is 2.24. The molecule has 1 aliphatic rings. The Bertz CT molecular complexity index is 829. The Kier molecular flexibility index (Phi) is 5.37. The van der Waals surface area contributed by atoms with Gasteiger partial charge in [0.15, 0.2) is 6.10 Å². The number of hydrogen-bond donors (Lipinski definition) is 0. The Morgan fingerprint density at radius 2 is 1.81 bits per heavy atom. The molecule has 0 aliphatic carbocycles. The van der Waals surface area contributed by atoms with Crippen LogP contribution < -0.4 is 4.74 Å². The highest BCUT2D eigenvalue weighted by molar-refractivity contribution is 5.96. The van der Waals surface area contributed by atoms with Crippen LogP contribution in [0, 0.1) is 0 Å². The summed E-state index contributed by atoms with van der Waals surface area (Å²) in [6.07, 6.45) is 0.876. The minimum atomic E-state index is -0.866. The van der Waals surface area contributed by atoms with Crippen molar-refractivity contribution < 1.29 is 19.1 Å². The molecule has 1 atom stereocenters. The lowest BCUT2D eigenvalue weighted by Crippen LogP contribution is -2.37. The third kappa shape index (κ3) is 4.11. The van der Waals surface area contributed by atoms with E-state index in [0.717, 1.165) is 16.9 Å². The van der Waals surface area contributed by atoms with Gasteiger partial charge in [-0.2, -0.15) is 0 Å². The van der Waals surface area contributed by atoms with Gasteiger partial charge in [-0.3, -0.25) is 4.79 Å². The van der Waals surface area contributed by atoms with Crippen LogP contribution in [0.4, 0.5) is 0 Å². The van der Waals surface area contributed by atoms with E-state index >= 15 is 0 Å². The molecule has 1 unspecified atom stereocenters. The predicted octanol–water partition coefficient (Wildman–Crippen LogP) is 3.05. The molecule has 0 aromatic heterocycles. The third-order valence-electron chi connectivity index (χ3n) is 4.16. The van der Waals surface area contributed by atoms with Gasteiger partial charge >= 0.3 is 5.97 Å². The molecule has 2 aromatic carbocycles. The zero-order valence-corrected chi connectivity index (χ0v) is 14.8. The van der Waals surface area contributed by atoms with Crippen LogP contribution in [0.1, 0.15) is 18.1 Å². The minimum absolute atomic E-state index is 0.136. The maximum atomic E-state index is 12.5. The van der Waals surface area contributed by atoms with Crippen molar-refractivity contribution in [2.75, 3.05) is 13.7 Å². The Balaban J connectivity index is 1.60. The number of likely N-dealkylation sites (N-methyl/N-ethyl adjacent to an activating group) is 1. The smallest absolute Gasteiger partial charge is 0.338 e. The van der Waals surface area contributed by atoms with E-state index in [1.807, 2.05) is 54.6 Å². The lowest BCUT2D eigenvalue weighted by Gasteiger charge is -2.23. The van der Waals surface area contributed by atoms with Crippen molar-refractivity contribution in [2.45, 2.75) is 19.6 Å². The van der Waals surface area contributed by atoms with Crippen LogP contribution in [0.15, 0.2) is 60.2 Å². The van der Waals surface area contributed by atoms with Crippen LogP contribution in [-0.4, -0.2) is 36.5 Å². The molecular formula is C21H21NO4. The van der Waals surface area contributed by atoms with Gasteiger partial charge in [-0.25, -0.2) is 4.79 Å². The van der Waals surface area contributed by atoms with E-state index in [4.69, 9.17) is 9.47 Å². The van der Waals surface area contributed by atoms with E-state index in [0.29, 0.717) is 12.1 Å². The molecule has 26 heavy (non-hydrogen) atoms. The van der Waals surface area contributed by atoms with Crippen molar-refractivity contribution in [1.82, 2.24) is 4.90 Å². The van der Waals surface area contributed by atoms with Crippen molar-refractivity contribution in [3.8, 4) is 5.75 Å². The number of rotatable bonds is 5. The Morgan fingerprint density at radius 1 is 1.12 bits per heavy atom. The molecule has 0 bridgehead atoms. The first-order chi connectivity index (χ1) is 12.5. The van der Waals surface area contributed by atoms with Crippen molar-refractivity contribution in [2.24, 2.45) is 0 Å². The highest BCUT2D eigenvalue weighted by Crippen LogP contribution is 2.26. The Labute approximate surface area is 152 Å². The van der Waals surface area contributed by atoms with Crippen LogP contribution >= 0.6 is 0 Å². The second-order valence-corrected chi connectivity index (χ2v) is 6.22. The van der Waals surface area contributed by atoms with Gasteiger partial charge in [-0.05, 0) is 24.6 Å². The van der Waals surface area contributed by atoms with E-state index in [2.05, 4.69) is 0 Å². The third-order valence-corrected chi connectivity index (χ3v) is 4.16. The normalized spacial score (nSPS) is 13.7. The van der Waals surface area contributed by atoms with Gasteiger partial charge in [0.25, 0.3) is 5.91 Å². The summed E-state index contributed by atoms with van der Waals surface area (Å²) in [6, 6.07) is 17.1. The summed E-state index contributed by atoms with van der Waals surface area (Å²) < 4.78 is 10.9. The molecule has 0 fully saturated rings. The SMILES string of the molecule is CC(OC(=O)C1=Cc2ccccc2OC1)C(=O)N(C)Cc1ccccc1. The molecule has 134 valence electrons. The number of carbonyl (C=O) groups is 2. The van der Waals surface area contributed by atoms with Crippen LogP contribution in [0.2, 0.25) is 0 Å². The lowest BCUT2D eigenvalue weighted by atomic mass is 10.1. The number of ether oxygens (including phenoxy) is 2. The maximum absolute atomic E-state index is 12.5. The van der Waals surface area contributed by atoms with Crippen molar-refractivity contribution in [3.05, 3.63) is 71.3 Å². The fourth-order valence-corrected chi connectivity index (χ4v) is 2.77. The van der Waals surface area contributed by atoms with Crippen molar-refractivity contribution in [1.29, 1.82) is 0 Å². The van der Waals surface area contributed by atoms with Gasteiger partial charge in [0, 0.05) is 19.2 Å². The molecular weight excluding hydrogens is 330 g/mol. The fraction of sp³-hybridized carbons (Fsp3) is 0.238. The van der Waals surface area contributed by atoms with Gasteiger partial charge in [0.1, 0.15) is 12.4 Å². The van der Waals surface area contributed by atoms with Crippen LogP contribution in [0.25, 0.3) is 6.08 Å². The first-order valence-corrected chi connectivity index (χ1v) is 8.47. The summed E-state index contributed by atoms with van der Waals surface area (Å²) in [6.45, 7) is 2.18. The monoisotopic (exact) mass is 351 g/mol. The molecule has 0 radical (unpaired) electrons. The fourth-order valence-electron chi connectivity index (χ4n) is 2.77. The highest BCUT2D eigenvalue weighted by Gasteiger charge is 2.25. The van der Waals surface area contributed by atoms with Gasteiger partial charge in [0.05, 0.1) is 5.57 Å². The molecule has 1 amide bonds. The topological polar surface area (TPSA) is 55.8 Å². The molecule has 3 rings (SSSR count). The van der Waals surface area contributed by atoms with Crippen LogP contribution in [0.5, 0.6) is 5.75 Å². The maximum Gasteiger partial charge on any atom is 0.338 e. The van der Waals surface area contributed by atoms with E-state index in [9.17, 15) is 9.59 Å². The largest absolute Gasteiger partial charge is 0.488 e. The highest BCUT2D eigenvalue weighted by atomic mass is 16.6. The number of carbonyl (C=O) groups excluding carboxylic acids is 2. The number of benzene rings is 2. The molecule has 1 heterocycles. The van der Waals surface area contributed by atoms with Crippen LogP contribution in [-0.2, 0) is 20.9 Å². The molecule has 5 nitrogen and oxygen atoms in total. The average Bonchev–Trinajstić information content (AvgIpc) is 2.67. The predicted molar refractivity (Wildman–Crippen MR) is 98.4 cm³/mol. The lowest BCUT2D eigenvalue weighted by molar-refractivity contribution is -0.155. The summed E-state index contributed by atoms with van der Waals surface area (Å²) in [5.74, 6) is -0.0517. The number of amides is 1. The molecule has 0 N–H and O–H groups in total. The standard InChI is InChI=1S/C21H21NO4/c1-15(20(23)22(2)13-16-8-4-3-5-9-16)26-21(24)18-12-17-10-6-7-11-19(17)25-14-18/h3-12,15H,13-14H2,1-2H3. The van der Waals surface area contributed by atoms with Gasteiger partial charge in [0.2, 0.25) is 0 Å². The number of para-hydroxylation sites is 1. The van der Waals surface area contributed by atoms with E-state index < -0.39 is 12.1 Å². The van der Waals surface area contributed by atoms with E-state index in [1.54, 1.807) is 24.9 Å². The Hall–Kier alpha value is -3.08. The summed E-state index contributed by atoms with van der Waals surface area (Å²) in [4.78, 5) is 26.4. The number of esters is 1. The van der Waals surface area contributed by atoms with Crippen LogP contribution in [0.3, 0.4) is 0 Å². The molecule has 0 saturated carbocycles. The zero-order chi connectivity index (χ0) is 18.5. The molecule has 1 aliphatic heterocycles.